The molecule has 5 amide bonds. The molecule has 290 valence electrons. The first kappa shape index (κ1) is 41.2. The van der Waals surface area contributed by atoms with Gasteiger partial charge < -0.3 is 41.4 Å². The van der Waals surface area contributed by atoms with E-state index in [1.165, 1.54) is 19.4 Å². The SMILES string of the molecule is CC(C)CC(=O)N[C@@H](CCC(=O)O)C(=O)N[C@H](C(=O)N[C@@H](Cc1cnc[nH]1)C(=O)N[C@H](C(=O)N1CCCC1)C(c1ccccc1)c1ccccc1)[C@@H](C)O. The highest BCUT2D eigenvalue weighted by Crippen LogP contribution is 2.30. The fourth-order valence-corrected chi connectivity index (χ4v) is 6.48. The number of H-pyrrole nitrogens is 1. The maximum absolute atomic E-state index is 14.4. The molecule has 3 aromatic rings. The smallest absolute Gasteiger partial charge is 0.303 e. The van der Waals surface area contributed by atoms with Crippen LogP contribution in [0, 0.1) is 5.92 Å². The zero-order valence-corrected chi connectivity index (χ0v) is 30.9. The highest BCUT2D eigenvalue weighted by atomic mass is 16.4. The number of carbonyl (C=O) groups is 6. The summed E-state index contributed by atoms with van der Waals surface area (Å²) in [5, 5.41) is 30.5. The number of hydrogen-bond acceptors (Lipinski definition) is 8. The quantitative estimate of drug-likeness (QED) is 0.0947. The van der Waals surface area contributed by atoms with E-state index in [2.05, 4.69) is 31.2 Å². The molecule has 0 bridgehead atoms. The monoisotopic (exact) mass is 745 g/mol. The van der Waals surface area contributed by atoms with Crippen LogP contribution >= 0.6 is 0 Å². The second kappa shape index (κ2) is 20.0. The lowest BCUT2D eigenvalue weighted by molar-refractivity contribution is -0.139. The summed E-state index contributed by atoms with van der Waals surface area (Å²) < 4.78 is 0. The van der Waals surface area contributed by atoms with Crippen molar-refractivity contribution in [2.75, 3.05) is 13.1 Å². The van der Waals surface area contributed by atoms with Gasteiger partial charge in [0.15, 0.2) is 0 Å². The number of aliphatic carboxylic acids is 1. The van der Waals surface area contributed by atoms with Crippen molar-refractivity contribution in [2.45, 2.75) is 95.5 Å². The number of aromatic nitrogens is 2. The standard InChI is InChI=1S/C39H51N7O8/c1-24(2)20-31(48)42-29(16-17-32(49)50)36(51)44-34(25(3)47)38(53)43-30(21-28-22-40-23-41-28)37(52)45-35(39(54)46-18-10-11-19-46)33(26-12-6-4-7-13-26)27-14-8-5-9-15-27/h4-9,12-15,22-25,29-30,33-35,47H,10-11,16-21H2,1-3H3,(H,40,41)(H,42,48)(H,43,53)(H,44,51)(H,45,52)(H,49,50)/t25-,29+,30+,34+,35+/m1/s1. The minimum Gasteiger partial charge on any atom is -0.481 e. The highest BCUT2D eigenvalue weighted by Gasteiger charge is 2.39. The third-order valence-corrected chi connectivity index (χ3v) is 9.20. The largest absolute Gasteiger partial charge is 0.481 e. The van der Waals surface area contributed by atoms with Gasteiger partial charge in [-0.05, 0) is 43.2 Å². The van der Waals surface area contributed by atoms with E-state index in [0.717, 1.165) is 24.0 Å². The fraction of sp³-hybridized carbons (Fsp3) is 0.462. The molecule has 5 atom stereocenters. The van der Waals surface area contributed by atoms with E-state index in [1.54, 1.807) is 4.90 Å². The van der Waals surface area contributed by atoms with E-state index in [-0.39, 0.29) is 31.1 Å². The molecule has 1 saturated heterocycles. The van der Waals surface area contributed by atoms with Crippen LogP contribution in [0.25, 0.3) is 0 Å². The first-order valence-corrected chi connectivity index (χ1v) is 18.3. The maximum atomic E-state index is 14.4. The molecule has 7 N–H and O–H groups in total. The number of rotatable bonds is 19. The summed E-state index contributed by atoms with van der Waals surface area (Å²) in [7, 11) is 0. The van der Waals surface area contributed by atoms with Crippen molar-refractivity contribution in [3.05, 3.63) is 90.0 Å². The van der Waals surface area contributed by atoms with Crippen molar-refractivity contribution in [1.29, 1.82) is 0 Å². The number of carboxylic acid groups (broad SMARTS) is 1. The van der Waals surface area contributed by atoms with Crippen LogP contribution < -0.4 is 21.3 Å². The summed E-state index contributed by atoms with van der Waals surface area (Å²) in [5.41, 5.74) is 2.08. The molecule has 0 spiro atoms. The zero-order valence-electron chi connectivity index (χ0n) is 30.9. The molecule has 4 rings (SSSR count). The molecule has 2 heterocycles. The molecule has 1 fully saturated rings. The molecule has 54 heavy (non-hydrogen) atoms. The number of likely N-dealkylation sites (tertiary alicyclic amines) is 1. The van der Waals surface area contributed by atoms with Crippen molar-refractivity contribution < 1.29 is 39.0 Å². The summed E-state index contributed by atoms with van der Waals surface area (Å²) in [5.74, 6) is -5.06. The number of hydrogen-bond donors (Lipinski definition) is 7. The first-order valence-electron chi connectivity index (χ1n) is 18.3. The molecule has 0 aliphatic carbocycles. The van der Waals surface area contributed by atoms with Crippen LogP contribution in [0.4, 0.5) is 0 Å². The lowest BCUT2D eigenvalue weighted by Crippen LogP contribution is -2.61. The van der Waals surface area contributed by atoms with E-state index in [0.29, 0.717) is 18.8 Å². The Balaban J connectivity index is 1.63. The summed E-state index contributed by atoms with van der Waals surface area (Å²) in [6.45, 7) is 5.97. The summed E-state index contributed by atoms with van der Waals surface area (Å²) in [4.78, 5) is 88.5. The van der Waals surface area contributed by atoms with Gasteiger partial charge >= 0.3 is 5.97 Å². The average Bonchev–Trinajstić information content (AvgIpc) is 3.87. The van der Waals surface area contributed by atoms with Gasteiger partial charge in [-0.3, -0.25) is 28.8 Å². The van der Waals surface area contributed by atoms with Crippen LogP contribution in [0.1, 0.15) is 75.6 Å². The van der Waals surface area contributed by atoms with Crippen LogP contribution in [0.15, 0.2) is 73.2 Å². The molecule has 0 radical (unpaired) electrons. The van der Waals surface area contributed by atoms with E-state index in [9.17, 15) is 39.0 Å². The van der Waals surface area contributed by atoms with E-state index >= 15 is 0 Å². The maximum Gasteiger partial charge on any atom is 0.303 e. The number of nitrogens with one attached hydrogen (secondary N) is 5. The normalized spacial score (nSPS) is 15.5. The summed E-state index contributed by atoms with van der Waals surface area (Å²) in [6.07, 6.45) is 2.38. The molecule has 1 aliphatic heterocycles. The van der Waals surface area contributed by atoms with Gasteiger partial charge in [0.05, 0.1) is 12.4 Å². The topological polar surface area (TPSA) is 223 Å². The number of amides is 5. The molecule has 15 nitrogen and oxygen atoms in total. The second-order valence-corrected chi connectivity index (χ2v) is 14.0. The number of aliphatic hydroxyl groups excluding tert-OH is 1. The van der Waals surface area contributed by atoms with Gasteiger partial charge in [-0.25, -0.2) is 4.98 Å². The Bertz CT molecular complexity index is 1660. The lowest BCUT2D eigenvalue weighted by Gasteiger charge is -2.33. The molecule has 15 heteroatoms. The second-order valence-electron chi connectivity index (χ2n) is 14.0. The van der Waals surface area contributed by atoms with Crippen molar-refractivity contribution in [3.8, 4) is 0 Å². The minimum atomic E-state index is -1.60. The molecule has 1 aromatic heterocycles. The Labute approximate surface area is 314 Å². The average molecular weight is 746 g/mol. The summed E-state index contributed by atoms with van der Waals surface area (Å²) in [6, 6.07) is 13.4. The van der Waals surface area contributed by atoms with Gasteiger partial charge in [0.25, 0.3) is 0 Å². The van der Waals surface area contributed by atoms with Gasteiger partial charge in [0.2, 0.25) is 29.5 Å². The number of imidazole rings is 1. The number of aromatic amines is 1. The van der Waals surface area contributed by atoms with Gasteiger partial charge in [-0.2, -0.15) is 0 Å². The highest BCUT2D eigenvalue weighted by molar-refractivity contribution is 5.96. The Morgan fingerprint density at radius 1 is 0.778 bits per heavy atom. The lowest BCUT2D eigenvalue weighted by atomic mass is 9.84. The molecule has 2 aromatic carbocycles. The molecular weight excluding hydrogens is 694 g/mol. The minimum absolute atomic E-state index is 0.0389. The van der Waals surface area contributed by atoms with Gasteiger partial charge in [-0.1, -0.05) is 74.5 Å². The third-order valence-electron chi connectivity index (χ3n) is 9.20. The van der Waals surface area contributed by atoms with Crippen LogP contribution in [0.5, 0.6) is 0 Å². The summed E-state index contributed by atoms with van der Waals surface area (Å²) >= 11 is 0. The molecule has 1 aliphatic rings. The molecule has 0 saturated carbocycles. The van der Waals surface area contributed by atoms with Crippen molar-refractivity contribution >= 4 is 35.5 Å². The Kier molecular flexibility index (Phi) is 15.3. The Morgan fingerprint density at radius 3 is 1.87 bits per heavy atom. The van der Waals surface area contributed by atoms with Crippen molar-refractivity contribution in [1.82, 2.24) is 36.1 Å². The number of nitrogens with zero attached hydrogens (tertiary/aromatic N) is 2. The first-order chi connectivity index (χ1) is 25.8. The Morgan fingerprint density at radius 2 is 1.35 bits per heavy atom. The molecular formula is C39H51N7O8. The van der Waals surface area contributed by atoms with Gasteiger partial charge in [0.1, 0.15) is 24.2 Å². The number of benzene rings is 2. The predicted molar refractivity (Wildman–Crippen MR) is 199 cm³/mol. The van der Waals surface area contributed by atoms with Gasteiger partial charge in [-0.15, -0.1) is 0 Å². The van der Waals surface area contributed by atoms with Crippen LogP contribution in [-0.2, 0) is 35.2 Å². The van der Waals surface area contributed by atoms with E-state index in [1.807, 2.05) is 74.5 Å². The molecule has 0 unspecified atom stereocenters. The van der Waals surface area contributed by atoms with E-state index in [4.69, 9.17) is 0 Å². The van der Waals surface area contributed by atoms with Gasteiger partial charge in [0, 0.05) is 50.2 Å². The van der Waals surface area contributed by atoms with E-state index < -0.39 is 72.2 Å². The van der Waals surface area contributed by atoms with Crippen molar-refractivity contribution in [3.63, 3.8) is 0 Å². The zero-order chi connectivity index (χ0) is 39.2. The number of aliphatic hydroxyl groups is 1. The number of carboxylic acids is 1. The van der Waals surface area contributed by atoms with Crippen LogP contribution in [0.2, 0.25) is 0 Å². The van der Waals surface area contributed by atoms with Crippen molar-refractivity contribution in [2.24, 2.45) is 5.92 Å². The third kappa shape index (κ3) is 12.0. The predicted octanol–water partition coefficient (Wildman–Crippen LogP) is 1.64. The Hall–Kier alpha value is -5.57. The fourth-order valence-electron chi connectivity index (χ4n) is 6.48. The number of carbonyl (C=O) groups excluding carboxylic acids is 5. The van der Waals surface area contributed by atoms with Crippen LogP contribution in [-0.4, -0.2) is 104 Å². The van der Waals surface area contributed by atoms with Crippen LogP contribution in [0.3, 0.4) is 0 Å².